The molecular weight excluding hydrogens is 440 g/mol. The first-order valence-corrected chi connectivity index (χ1v) is 10.3. The maximum Gasteiger partial charge on any atom is 0.187 e. The lowest BCUT2D eigenvalue weighted by Crippen LogP contribution is -2.67. The molecule has 15 nitrogen and oxygen atoms in total. The summed E-state index contributed by atoms with van der Waals surface area (Å²) < 4.78 is 27.8. The van der Waals surface area contributed by atoms with Crippen LogP contribution in [0, 0.1) is 0 Å². The first-order valence-electron chi connectivity index (χ1n) is 10.3. The van der Waals surface area contributed by atoms with Crippen molar-refractivity contribution in [2.24, 2.45) is 5.73 Å². The average molecular weight is 470 g/mol. The molecule has 4 aliphatic heterocycles. The van der Waals surface area contributed by atoms with E-state index < -0.39 is 99.2 Å². The Morgan fingerprint density at radius 3 is 2.22 bits per heavy atom. The third kappa shape index (κ3) is 4.40. The fourth-order valence-corrected chi connectivity index (χ4v) is 4.26. The number of rotatable bonds is 4. The summed E-state index contributed by atoms with van der Waals surface area (Å²) in [5, 5.41) is 69.9. The predicted octanol–water partition coefficient (Wildman–Crippen LogP) is -6.42. The molecule has 0 aromatic rings. The van der Waals surface area contributed by atoms with Gasteiger partial charge in [-0.25, -0.2) is 0 Å². The van der Waals surface area contributed by atoms with Crippen LogP contribution in [0.5, 0.6) is 0 Å². The van der Waals surface area contributed by atoms with E-state index in [-0.39, 0.29) is 6.54 Å². The van der Waals surface area contributed by atoms with Crippen molar-refractivity contribution >= 4 is 0 Å². The van der Waals surface area contributed by atoms with E-state index >= 15 is 0 Å². The highest BCUT2D eigenvalue weighted by atomic mass is 16.8. The summed E-state index contributed by atoms with van der Waals surface area (Å²) in [6.07, 6.45) is -16.8. The lowest BCUT2D eigenvalue weighted by Gasteiger charge is -2.46. The van der Waals surface area contributed by atoms with Crippen molar-refractivity contribution in [2.75, 3.05) is 19.8 Å². The molecule has 0 aromatic carbocycles. The van der Waals surface area contributed by atoms with Gasteiger partial charge in [-0.1, -0.05) is 0 Å². The van der Waals surface area contributed by atoms with Crippen LogP contribution in [0.2, 0.25) is 0 Å². The summed E-state index contributed by atoms with van der Waals surface area (Å²) in [7, 11) is 0. The van der Waals surface area contributed by atoms with Crippen LogP contribution in [-0.2, 0) is 28.5 Å². The second-order valence-electron chi connectivity index (χ2n) is 8.19. The van der Waals surface area contributed by atoms with Gasteiger partial charge in [-0.2, -0.15) is 5.48 Å². The van der Waals surface area contributed by atoms with Gasteiger partial charge in [0.25, 0.3) is 0 Å². The molecular formula is C17H30N2O13. The van der Waals surface area contributed by atoms with Crippen LogP contribution in [0.3, 0.4) is 0 Å². The highest BCUT2D eigenvalue weighted by Gasteiger charge is 2.54. The van der Waals surface area contributed by atoms with Gasteiger partial charge in [-0.05, 0) is 0 Å². The van der Waals surface area contributed by atoms with E-state index in [0.717, 1.165) is 0 Å². The lowest BCUT2D eigenvalue weighted by molar-refractivity contribution is -0.347. The smallest absolute Gasteiger partial charge is 0.187 e. The lowest BCUT2D eigenvalue weighted by atomic mass is 9.95. The summed E-state index contributed by atoms with van der Waals surface area (Å²) >= 11 is 0. The molecule has 0 amide bonds. The summed E-state index contributed by atoms with van der Waals surface area (Å²) in [6, 6.07) is -1.17. The van der Waals surface area contributed by atoms with Crippen LogP contribution in [0.1, 0.15) is 0 Å². The first-order chi connectivity index (χ1) is 15.3. The second-order valence-corrected chi connectivity index (χ2v) is 8.19. The summed E-state index contributed by atoms with van der Waals surface area (Å²) in [4.78, 5) is 5.43. The largest absolute Gasteiger partial charge is 0.394 e. The SMILES string of the molecule is N[C@H]1[C@H]2O[C@H]3[C@@H](ONC[C@H](O2)[C@@H](O[C@H]2O[C@H](CO)[C@@H](O)[C@H](O)[C@@H]2O)[C@@H]1O)[C@H](O)O[C@@H]3CO. The molecule has 4 aliphatic rings. The topological polar surface area (TPSA) is 235 Å². The molecule has 0 radical (unpaired) electrons. The Morgan fingerprint density at radius 2 is 1.53 bits per heavy atom. The van der Waals surface area contributed by atoms with E-state index in [0.29, 0.717) is 0 Å². The Balaban J connectivity index is 1.51. The molecule has 0 unspecified atom stereocenters. The normalized spacial score (nSPS) is 54.4. The van der Waals surface area contributed by atoms with E-state index in [9.17, 15) is 35.7 Å². The number of hydroxylamine groups is 1. The first kappa shape index (κ1) is 24.5. The molecule has 0 aliphatic carbocycles. The highest BCUT2D eigenvalue weighted by molar-refractivity contribution is 4.98. The number of hydrogen-bond acceptors (Lipinski definition) is 15. The fraction of sp³-hybridized carbons (Fsp3) is 1.00. The molecule has 2 bridgehead atoms. The van der Waals surface area contributed by atoms with E-state index in [2.05, 4.69) is 5.48 Å². The van der Waals surface area contributed by atoms with Crippen LogP contribution < -0.4 is 11.2 Å². The number of hydrogen-bond donors (Lipinski definition) is 9. The van der Waals surface area contributed by atoms with Gasteiger partial charge in [0.05, 0.1) is 25.8 Å². The fourth-order valence-electron chi connectivity index (χ4n) is 4.26. The molecule has 4 rings (SSSR count). The number of nitrogens with one attached hydrogen (secondary N) is 1. The zero-order valence-electron chi connectivity index (χ0n) is 16.9. The second kappa shape index (κ2) is 9.95. The number of aliphatic hydroxyl groups excluding tert-OH is 7. The minimum Gasteiger partial charge on any atom is -0.394 e. The quantitative estimate of drug-likeness (QED) is 0.186. The van der Waals surface area contributed by atoms with Gasteiger partial charge in [0.2, 0.25) is 0 Å². The molecule has 10 N–H and O–H groups in total. The van der Waals surface area contributed by atoms with E-state index in [1.54, 1.807) is 0 Å². The molecule has 0 spiro atoms. The maximum absolute atomic E-state index is 10.8. The van der Waals surface area contributed by atoms with Crippen molar-refractivity contribution in [3.05, 3.63) is 0 Å². The van der Waals surface area contributed by atoms with E-state index in [1.807, 2.05) is 0 Å². The minimum atomic E-state index is -1.69. The Morgan fingerprint density at radius 1 is 0.812 bits per heavy atom. The zero-order chi connectivity index (χ0) is 23.2. The minimum absolute atomic E-state index is 0.0918. The third-order valence-electron chi connectivity index (χ3n) is 6.12. The van der Waals surface area contributed by atoms with Crippen LogP contribution in [-0.4, -0.2) is 141 Å². The van der Waals surface area contributed by atoms with Gasteiger partial charge in [0.15, 0.2) is 25.0 Å². The third-order valence-corrected chi connectivity index (χ3v) is 6.12. The van der Waals surface area contributed by atoms with Crippen LogP contribution in [0.15, 0.2) is 0 Å². The van der Waals surface area contributed by atoms with Gasteiger partial charge in [0, 0.05) is 0 Å². The monoisotopic (exact) mass is 470 g/mol. The average Bonchev–Trinajstić information content (AvgIpc) is 3.12. The summed E-state index contributed by atoms with van der Waals surface area (Å²) in [5.74, 6) is 0. The van der Waals surface area contributed by atoms with Crippen molar-refractivity contribution in [1.29, 1.82) is 0 Å². The van der Waals surface area contributed by atoms with Crippen molar-refractivity contribution in [1.82, 2.24) is 5.48 Å². The maximum atomic E-state index is 10.8. The van der Waals surface area contributed by atoms with Crippen LogP contribution in [0.25, 0.3) is 0 Å². The van der Waals surface area contributed by atoms with Crippen LogP contribution in [0.4, 0.5) is 0 Å². The summed E-state index contributed by atoms with van der Waals surface area (Å²) in [6.45, 7) is -1.22. The Labute approximate surface area is 182 Å². The predicted molar refractivity (Wildman–Crippen MR) is 97.0 cm³/mol. The molecule has 15 heteroatoms. The number of ether oxygens (including phenoxy) is 5. The highest BCUT2D eigenvalue weighted by Crippen LogP contribution is 2.33. The van der Waals surface area contributed by atoms with Gasteiger partial charge < -0.3 is 65.2 Å². The van der Waals surface area contributed by atoms with Gasteiger partial charge >= 0.3 is 0 Å². The molecule has 4 heterocycles. The van der Waals surface area contributed by atoms with Gasteiger partial charge in [-0.3, -0.25) is 4.84 Å². The number of aliphatic hydroxyl groups is 7. The number of nitrogens with two attached hydrogens (primary N) is 1. The van der Waals surface area contributed by atoms with E-state index in [1.165, 1.54) is 0 Å². The zero-order valence-corrected chi connectivity index (χ0v) is 16.9. The van der Waals surface area contributed by atoms with Crippen molar-refractivity contribution in [2.45, 2.75) is 86.0 Å². The van der Waals surface area contributed by atoms with Crippen molar-refractivity contribution in [3.63, 3.8) is 0 Å². The molecule has 0 aromatic heterocycles. The van der Waals surface area contributed by atoms with Gasteiger partial charge in [0.1, 0.15) is 54.9 Å². The van der Waals surface area contributed by atoms with E-state index in [4.69, 9.17) is 34.3 Å². The van der Waals surface area contributed by atoms with Crippen LogP contribution >= 0.6 is 0 Å². The Kier molecular flexibility index (Phi) is 7.62. The molecule has 4 fully saturated rings. The molecule has 0 saturated carbocycles. The van der Waals surface area contributed by atoms with Crippen molar-refractivity contribution < 1.29 is 64.3 Å². The molecule has 14 atom stereocenters. The summed E-state index contributed by atoms with van der Waals surface area (Å²) in [5.41, 5.74) is 8.69. The molecule has 186 valence electrons. The number of fused-ring (bicyclic) bond motifs is 3. The van der Waals surface area contributed by atoms with Crippen molar-refractivity contribution in [3.8, 4) is 0 Å². The molecule has 4 saturated heterocycles. The Bertz CT molecular complexity index is 631. The Hall–Kier alpha value is -0.600. The standard InChI is InChI=1S/C17H30N2O13/c18-7-9(23)12(30-17-11(25)10(24)8(22)5(2-20)29-17)4-1-19-32-14-13(31-16(7)28-4)6(3-21)27-15(14)26/h4-17,19-26H,1-3,18H2/t4-,5+,6+,7+,8+,9+,10-,11-,12+,13+,14+,15+,16+,17+/m0/s1. The van der Waals surface area contributed by atoms with Gasteiger partial charge in [-0.15, -0.1) is 0 Å². The molecule has 32 heavy (non-hydrogen) atoms.